The third-order valence-electron chi connectivity index (χ3n) is 5.47. The van der Waals surface area contributed by atoms with Crippen LogP contribution in [-0.4, -0.2) is 65.0 Å². The number of carbonyl (C=O) groups is 2. The number of benzene rings is 1. The van der Waals surface area contributed by atoms with Gasteiger partial charge in [0.25, 0.3) is 0 Å². The highest BCUT2D eigenvalue weighted by Crippen LogP contribution is 2.32. The maximum atomic E-state index is 12.3. The molecule has 1 aromatic carbocycles. The van der Waals surface area contributed by atoms with E-state index in [0.29, 0.717) is 32.0 Å². The smallest absolute Gasteiger partial charge is 0.410 e. The number of aromatic nitrogens is 2. The average molecular weight is 462 g/mol. The number of likely N-dealkylation sites (tertiary alicyclic amines) is 1. The number of rotatable bonds is 7. The molecule has 1 aromatic heterocycles. The maximum Gasteiger partial charge on any atom is 0.410 e. The van der Waals surface area contributed by atoms with Crippen LogP contribution in [0.3, 0.4) is 0 Å². The van der Waals surface area contributed by atoms with E-state index in [1.165, 1.54) is 0 Å². The zero-order chi connectivity index (χ0) is 23.8. The van der Waals surface area contributed by atoms with Crippen LogP contribution in [-0.2, 0) is 16.2 Å². The molecule has 8 nitrogen and oxygen atoms in total. The summed E-state index contributed by atoms with van der Waals surface area (Å²) in [6.45, 7) is 16.2. The fourth-order valence-corrected chi connectivity index (χ4v) is 4.38. The van der Waals surface area contributed by atoms with E-state index < -0.39 is 19.6 Å². The number of amides is 1. The highest BCUT2D eigenvalue weighted by molar-refractivity contribution is 6.76. The third kappa shape index (κ3) is 5.69. The van der Waals surface area contributed by atoms with Crippen molar-refractivity contribution in [2.45, 2.75) is 71.6 Å². The van der Waals surface area contributed by atoms with Crippen molar-refractivity contribution >= 4 is 31.2 Å². The van der Waals surface area contributed by atoms with Gasteiger partial charge >= 0.3 is 12.1 Å². The number of aromatic carboxylic acids is 1. The van der Waals surface area contributed by atoms with Gasteiger partial charge in [-0.15, -0.1) is 0 Å². The second-order valence-corrected chi connectivity index (χ2v) is 16.4. The second kappa shape index (κ2) is 8.86. The van der Waals surface area contributed by atoms with Crippen molar-refractivity contribution in [2.24, 2.45) is 0 Å². The minimum absolute atomic E-state index is 0.0455. The minimum atomic E-state index is -1.22. The van der Waals surface area contributed by atoms with Gasteiger partial charge in [-0.3, -0.25) is 0 Å². The van der Waals surface area contributed by atoms with Crippen molar-refractivity contribution < 1.29 is 24.2 Å². The van der Waals surface area contributed by atoms with Gasteiger partial charge in [-0.1, -0.05) is 19.6 Å². The van der Waals surface area contributed by atoms with E-state index in [0.717, 1.165) is 22.9 Å². The number of hydrogen-bond donors (Lipinski definition) is 1. The Kier molecular flexibility index (Phi) is 6.71. The summed E-state index contributed by atoms with van der Waals surface area (Å²) < 4.78 is 13.4. The van der Waals surface area contributed by atoms with Gasteiger partial charge in [0.15, 0.2) is 0 Å². The number of fused-ring (bicyclic) bond motifs is 1. The first kappa shape index (κ1) is 24.3. The normalized spacial score (nSPS) is 15.2. The van der Waals surface area contributed by atoms with Crippen LogP contribution in [0.4, 0.5) is 4.79 Å². The molecule has 0 radical (unpaired) electrons. The fourth-order valence-electron chi connectivity index (χ4n) is 3.62. The van der Waals surface area contributed by atoms with Crippen LogP contribution < -0.4 is 0 Å². The largest absolute Gasteiger partial charge is 0.478 e. The molecule has 32 heavy (non-hydrogen) atoms. The number of imidazole rings is 1. The van der Waals surface area contributed by atoms with Crippen LogP contribution in [0.25, 0.3) is 11.0 Å². The first-order valence-corrected chi connectivity index (χ1v) is 14.8. The van der Waals surface area contributed by atoms with Crippen LogP contribution in [0.1, 0.15) is 48.4 Å². The van der Waals surface area contributed by atoms with E-state index in [-0.39, 0.29) is 17.6 Å². The first-order valence-electron chi connectivity index (χ1n) is 11.0. The van der Waals surface area contributed by atoms with Crippen molar-refractivity contribution in [3.05, 3.63) is 29.1 Å². The van der Waals surface area contributed by atoms with E-state index in [1.807, 2.05) is 31.4 Å². The Balaban J connectivity index is 1.84. The average Bonchev–Trinajstić information content (AvgIpc) is 2.91. The number of hydrogen-bond acceptors (Lipinski definition) is 5. The van der Waals surface area contributed by atoms with Crippen molar-refractivity contribution in [1.82, 2.24) is 14.5 Å². The number of nitrogens with zero attached hydrogens (tertiary/aromatic N) is 3. The van der Waals surface area contributed by atoms with Gasteiger partial charge < -0.3 is 24.0 Å². The number of carboxylic acids is 1. The Bertz CT molecular complexity index is 1010. The molecule has 1 saturated heterocycles. The predicted molar refractivity (Wildman–Crippen MR) is 126 cm³/mol. The van der Waals surface area contributed by atoms with E-state index in [2.05, 4.69) is 19.6 Å². The summed E-state index contributed by atoms with van der Waals surface area (Å²) >= 11 is 0. The molecule has 9 heteroatoms. The molecule has 0 unspecified atom stereocenters. The fraction of sp³-hybridized carbons (Fsp3) is 0.609. The highest BCUT2D eigenvalue weighted by atomic mass is 28.3. The van der Waals surface area contributed by atoms with Gasteiger partial charge in [-0.25, -0.2) is 14.6 Å². The number of ether oxygens (including phenoxy) is 2. The van der Waals surface area contributed by atoms with Gasteiger partial charge in [0.1, 0.15) is 18.2 Å². The molecule has 176 valence electrons. The van der Waals surface area contributed by atoms with Gasteiger partial charge in [-0.2, -0.15) is 0 Å². The number of aryl methyl sites for hydroxylation is 1. The third-order valence-corrected chi connectivity index (χ3v) is 7.17. The molecule has 2 aromatic rings. The number of carboxylic acid groups (broad SMARTS) is 1. The van der Waals surface area contributed by atoms with Crippen LogP contribution in [0, 0.1) is 6.92 Å². The molecule has 1 aliphatic rings. The Hall–Kier alpha value is -2.39. The zero-order valence-electron chi connectivity index (χ0n) is 20.2. The van der Waals surface area contributed by atoms with Crippen molar-refractivity contribution in [3.8, 4) is 0 Å². The standard InChI is InChI=1S/C23H35N3O5Si/c1-15-10-18-19(11-17(15)21(27)28)26(14-30-8-9-32(5,6)7)20(24-18)16-12-25(13-16)22(29)31-23(2,3)4/h10-11,16H,8-9,12-14H2,1-7H3,(H,27,28). The van der Waals surface area contributed by atoms with E-state index in [9.17, 15) is 14.7 Å². The molecule has 0 saturated carbocycles. The van der Waals surface area contributed by atoms with Crippen molar-refractivity contribution in [3.63, 3.8) is 0 Å². The molecular formula is C23H35N3O5Si. The molecule has 1 fully saturated rings. The van der Waals surface area contributed by atoms with Gasteiger partial charge in [0, 0.05) is 27.8 Å². The first-order chi connectivity index (χ1) is 14.7. The van der Waals surface area contributed by atoms with Crippen LogP contribution in [0.15, 0.2) is 12.1 Å². The summed E-state index contributed by atoms with van der Waals surface area (Å²) in [6.07, 6.45) is -0.327. The Labute approximate surface area is 190 Å². The molecule has 0 bridgehead atoms. The van der Waals surface area contributed by atoms with Crippen LogP contribution >= 0.6 is 0 Å². The zero-order valence-corrected chi connectivity index (χ0v) is 21.2. The lowest BCUT2D eigenvalue weighted by Gasteiger charge is -2.39. The molecule has 1 amide bonds. The van der Waals surface area contributed by atoms with Gasteiger partial charge in [0.05, 0.1) is 22.5 Å². The Morgan fingerprint density at radius 2 is 1.88 bits per heavy atom. The maximum absolute atomic E-state index is 12.3. The summed E-state index contributed by atoms with van der Waals surface area (Å²) in [5, 5.41) is 9.57. The van der Waals surface area contributed by atoms with Crippen LogP contribution in [0.2, 0.25) is 25.7 Å². The highest BCUT2D eigenvalue weighted by Gasteiger charge is 2.37. The predicted octanol–water partition coefficient (Wildman–Crippen LogP) is 4.69. The minimum Gasteiger partial charge on any atom is -0.478 e. The van der Waals surface area contributed by atoms with Crippen molar-refractivity contribution in [1.29, 1.82) is 0 Å². The lowest BCUT2D eigenvalue weighted by molar-refractivity contribution is 0.00641. The van der Waals surface area contributed by atoms with E-state index >= 15 is 0 Å². The summed E-state index contributed by atoms with van der Waals surface area (Å²) in [6, 6.07) is 4.53. The van der Waals surface area contributed by atoms with Crippen molar-refractivity contribution in [2.75, 3.05) is 19.7 Å². The van der Waals surface area contributed by atoms with E-state index in [4.69, 9.17) is 14.5 Å². The number of carbonyl (C=O) groups excluding carboxylic acids is 1. The summed E-state index contributed by atoms with van der Waals surface area (Å²) in [5.41, 5.74) is 1.88. The molecule has 3 rings (SSSR count). The molecule has 0 aliphatic carbocycles. The molecule has 0 spiro atoms. The summed E-state index contributed by atoms with van der Waals surface area (Å²) in [4.78, 5) is 30.5. The molecule has 1 N–H and O–H groups in total. The lowest BCUT2D eigenvalue weighted by atomic mass is 10.00. The monoisotopic (exact) mass is 461 g/mol. The quantitative estimate of drug-likeness (QED) is 0.475. The summed E-state index contributed by atoms with van der Waals surface area (Å²) in [5.74, 6) is -0.100. The topological polar surface area (TPSA) is 93.9 Å². The molecule has 2 heterocycles. The summed E-state index contributed by atoms with van der Waals surface area (Å²) in [7, 11) is -1.22. The Morgan fingerprint density at radius 3 is 2.44 bits per heavy atom. The van der Waals surface area contributed by atoms with Gasteiger partial charge in [-0.05, 0) is 51.4 Å². The molecule has 1 aliphatic heterocycles. The Morgan fingerprint density at radius 1 is 1.22 bits per heavy atom. The van der Waals surface area contributed by atoms with Gasteiger partial charge in [0.2, 0.25) is 0 Å². The van der Waals surface area contributed by atoms with E-state index in [1.54, 1.807) is 17.9 Å². The van der Waals surface area contributed by atoms with Crippen LogP contribution in [0.5, 0.6) is 0 Å². The molecule has 0 atom stereocenters. The lowest BCUT2D eigenvalue weighted by Crippen LogP contribution is -2.51. The SMILES string of the molecule is Cc1cc2nc(C3CN(C(=O)OC(C)(C)C)C3)n(COCC[Si](C)(C)C)c2cc1C(=O)O. The molecular weight excluding hydrogens is 426 g/mol. The second-order valence-electron chi connectivity index (χ2n) is 10.8.